The Balaban J connectivity index is 1.78. The van der Waals surface area contributed by atoms with E-state index in [4.69, 9.17) is 0 Å². The number of carbonyl (C=O) groups is 1. The van der Waals surface area contributed by atoms with Crippen molar-refractivity contribution in [2.24, 2.45) is 0 Å². The normalized spacial score (nSPS) is 16.8. The lowest BCUT2D eigenvalue weighted by atomic mass is 10.0. The maximum Gasteiger partial charge on any atom is 0.227 e. The molecule has 0 bridgehead atoms. The van der Waals surface area contributed by atoms with Crippen LogP contribution in [0.15, 0.2) is 24.4 Å². The van der Waals surface area contributed by atoms with Gasteiger partial charge in [0.15, 0.2) is 0 Å². The van der Waals surface area contributed by atoms with Gasteiger partial charge in [-0.05, 0) is 31.2 Å². The van der Waals surface area contributed by atoms with Crippen LogP contribution in [0.3, 0.4) is 0 Å². The number of aromatic amines is 1. The molecular formula is C16H21N3O. The first kappa shape index (κ1) is 13.2. The van der Waals surface area contributed by atoms with Crippen molar-refractivity contribution < 1.29 is 4.79 Å². The fourth-order valence-electron chi connectivity index (χ4n) is 2.92. The van der Waals surface area contributed by atoms with Crippen molar-refractivity contribution in [3.63, 3.8) is 0 Å². The molecule has 1 aliphatic rings. The van der Waals surface area contributed by atoms with E-state index in [1.807, 2.05) is 17.2 Å². The van der Waals surface area contributed by atoms with E-state index in [2.05, 4.69) is 36.0 Å². The van der Waals surface area contributed by atoms with Gasteiger partial charge >= 0.3 is 0 Å². The molecule has 2 heterocycles. The molecule has 106 valence electrons. The van der Waals surface area contributed by atoms with Gasteiger partial charge in [-0.2, -0.15) is 0 Å². The molecule has 1 aromatic heterocycles. The van der Waals surface area contributed by atoms with E-state index >= 15 is 0 Å². The van der Waals surface area contributed by atoms with Gasteiger partial charge in [0.2, 0.25) is 5.91 Å². The number of H-pyrrole nitrogens is 1. The second-order valence-corrected chi connectivity index (χ2v) is 5.67. The largest absolute Gasteiger partial charge is 0.361 e. The van der Waals surface area contributed by atoms with Crippen molar-refractivity contribution in [3.8, 4) is 0 Å². The molecule has 0 saturated carbocycles. The quantitative estimate of drug-likeness (QED) is 0.904. The minimum absolute atomic E-state index is 0.238. The number of hydrogen-bond acceptors (Lipinski definition) is 2. The predicted octanol–water partition coefficient (Wildman–Crippen LogP) is 1.79. The van der Waals surface area contributed by atoms with Crippen LogP contribution in [-0.2, 0) is 11.2 Å². The lowest BCUT2D eigenvalue weighted by molar-refractivity contribution is -0.132. The van der Waals surface area contributed by atoms with Gasteiger partial charge in [-0.1, -0.05) is 12.1 Å². The molecule has 4 heteroatoms. The number of benzene rings is 1. The summed E-state index contributed by atoms with van der Waals surface area (Å²) in [4.78, 5) is 19.9. The second-order valence-electron chi connectivity index (χ2n) is 5.67. The molecule has 0 radical (unpaired) electrons. The van der Waals surface area contributed by atoms with Crippen molar-refractivity contribution in [1.29, 1.82) is 0 Å². The molecular weight excluding hydrogens is 250 g/mol. The number of likely N-dealkylation sites (N-methyl/N-ethyl adjacent to an activating group) is 1. The minimum Gasteiger partial charge on any atom is -0.361 e. The van der Waals surface area contributed by atoms with E-state index in [1.165, 1.54) is 10.9 Å². The summed E-state index contributed by atoms with van der Waals surface area (Å²) in [5, 5.41) is 1.20. The zero-order valence-electron chi connectivity index (χ0n) is 12.1. The van der Waals surface area contributed by atoms with Crippen LogP contribution < -0.4 is 0 Å². The van der Waals surface area contributed by atoms with E-state index in [0.717, 1.165) is 37.3 Å². The van der Waals surface area contributed by atoms with Crippen LogP contribution in [0.5, 0.6) is 0 Å². The lowest BCUT2D eigenvalue weighted by Crippen LogP contribution is -2.47. The molecule has 0 atom stereocenters. The first-order valence-electron chi connectivity index (χ1n) is 7.17. The van der Waals surface area contributed by atoms with Gasteiger partial charge in [-0.25, -0.2) is 0 Å². The molecule has 3 rings (SSSR count). The van der Waals surface area contributed by atoms with Crippen molar-refractivity contribution in [1.82, 2.24) is 14.8 Å². The highest BCUT2D eigenvalue weighted by molar-refractivity contribution is 5.91. The van der Waals surface area contributed by atoms with Crippen LogP contribution in [0.4, 0.5) is 0 Å². The maximum absolute atomic E-state index is 12.4. The van der Waals surface area contributed by atoms with Crippen LogP contribution in [0.1, 0.15) is 11.1 Å². The Hall–Kier alpha value is -1.81. The van der Waals surface area contributed by atoms with E-state index in [1.54, 1.807) is 0 Å². The molecule has 1 aromatic carbocycles. The summed E-state index contributed by atoms with van der Waals surface area (Å²) >= 11 is 0. The number of amides is 1. The summed E-state index contributed by atoms with van der Waals surface area (Å²) in [6.07, 6.45) is 2.47. The number of hydrogen-bond donors (Lipinski definition) is 1. The van der Waals surface area contributed by atoms with E-state index in [9.17, 15) is 4.79 Å². The van der Waals surface area contributed by atoms with Gasteiger partial charge < -0.3 is 14.8 Å². The van der Waals surface area contributed by atoms with Crippen LogP contribution in [0.2, 0.25) is 0 Å². The molecule has 1 saturated heterocycles. The van der Waals surface area contributed by atoms with E-state index in [0.29, 0.717) is 6.42 Å². The standard InChI is InChI=1S/C16H21N3O/c1-12-4-3-5-14-16(12)13(11-17-14)10-15(20)19-8-6-18(2)7-9-19/h3-5,11,17H,6-10H2,1-2H3. The van der Waals surface area contributed by atoms with Gasteiger partial charge in [0.25, 0.3) is 0 Å². The van der Waals surface area contributed by atoms with Crippen molar-refractivity contribution in [2.75, 3.05) is 33.2 Å². The topological polar surface area (TPSA) is 39.3 Å². The monoisotopic (exact) mass is 271 g/mol. The molecule has 1 N–H and O–H groups in total. The van der Waals surface area contributed by atoms with Crippen molar-refractivity contribution >= 4 is 16.8 Å². The first-order chi connectivity index (χ1) is 9.65. The maximum atomic E-state index is 12.4. The van der Waals surface area contributed by atoms with E-state index < -0.39 is 0 Å². The number of aryl methyl sites for hydroxylation is 1. The minimum atomic E-state index is 0.238. The van der Waals surface area contributed by atoms with Crippen LogP contribution in [0.25, 0.3) is 10.9 Å². The molecule has 0 unspecified atom stereocenters. The molecule has 1 aliphatic heterocycles. The third-order valence-electron chi connectivity index (χ3n) is 4.19. The lowest BCUT2D eigenvalue weighted by Gasteiger charge is -2.32. The highest BCUT2D eigenvalue weighted by Crippen LogP contribution is 2.23. The highest BCUT2D eigenvalue weighted by atomic mass is 16.2. The summed E-state index contributed by atoms with van der Waals surface area (Å²) in [6, 6.07) is 6.20. The summed E-state index contributed by atoms with van der Waals surface area (Å²) in [6.45, 7) is 5.73. The third-order valence-corrected chi connectivity index (χ3v) is 4.19. The summed E-state index contributed by atoms with van der Waals surface area (Å²) in [5.41, 5.74) is 3.46. The second kappa shape index (κ2) is 5.29. The van der Waals surface area contributed by atoms with Gasteiger partial charge in [0, 0.05) is 43.3 Å². The number of piperazine rings is 1. The SMILES string of the molecule is Cc1cccc2[nH]cc(CC(=O)N3CCN(C)CC3)c12. The predicted molar refractivity (Wildman–Crippen MR) is 80.8 cm³/mol. The number of aromatic nitrogens is 1. The molecule has 1 amide bonds. The Morgan fingerprint density at radius 2 is 2.00 bits per heavy atom. The zero-order valence-corrected chi connectivity index (χ0v) is 12.1. The van der Waals surface area contributed by atoms with Gasteiger partial charge in [-0.15, -0.1) is 0 Å². The fraction of sp³-hybridized carbons (Fsp3) is 0.438. The summed E-state index contributed by atoms with van der Waals surface area (Å²) < 4.78 is 0. The van der Waals surface area contributed by atoms with E-state index in [-0.39, 0.29) is 5.91 Å². The third kappa shape index (κ3) is 2.43. The Bertz CT molecular complexity index is 624. The number of fused-ring (bicyclic) bond motifs is 1. The number of rotatable bonds is 2. The number of carbonyl (C=O) groups excluding carboxylic acids is 1. The molecule has 20 heavy (non-hydrogen) atoms. The molecule has 0 spiro atoms. The van der Waals surface area contributed by atoms with Crippen molar-refractivity contribution in [3.05, 3.63) is 35.5 Å². The number of nitrogens with one attached hydrogen (secondary N) is 1. The van der Waals surface area contributed by atoms with Gasteiger partial charge in [0.05, 0.1) is 6.42 Å². The summed E-state index contributed by atoms with van der Waals surface area (Å²) in [7, 11) is 2.10. The smallest absolute Gasteiger partial charge is 0.227 e. The van der Waals surface area contributed by atoms with Crippen LogP contribution in [-0.4, -0.2) is 53.9 Å². The first-order valence-corrected chi connectivity index (χ1v) is 7.17. The van der Waals surface area contributed by atoms with Gasteiger partial charge in [-0.3, -0.25) is 4.79 Å². The Kier molecular flexibility index (Phi) is 3.49. The Morgan fingerprint density at radius 3 is 2.75 bits per heavy atom. The number of nitrogens with zero attached hydrogens (tertiary/aromatic N) is 2. The Morgan fingerprint density at radius 1 is 1.25 bits per heavy atom. The van der Waals surface area contributed by atoms with Crippen LogP contribution in [0, 0.1) is 6.92 Å². The summed E-state index contributed by atoms with van der Waals surface area (Å²) in [5.74, 6) is 0.238. The average Bonchev–Trinajstić information content (AvgIpc) is 2.84. The van der Waals surface area contributed by atoms with Crippen LogP contribution >= 0.6 is 0 Å². The average molecular weight is 271 g/mol. The van der Waals surface area contributed by atoms with Gasteiger partial charge in [0.1, 0.15) is 0 Å². The van der Waals surface area contributed by atoms with Crippen molar-refractivity contribution in [2.45, 2.75) is 13.3 Å². The zero-order chi connectivity index (χ0) is 14.1. The molecule has 0 aliphatic carbocycles. The molecule has 2 aromatic rings. The molecule has 1 fully saturated rings. The molecule has 4 nitrogen and oxygen atoms in total. The fourth-order valence-corrected chi connectivity index (χ4v) is 2.92. The Labute approximate surface area is 119 Å². The highest BCUT2D eigenvalue weighted by Gasteiger charge is 2.20.